The Morgan fingerprint density at radius 1 is 1.14 bits per heavy atom. The van der Waals surface area contributed by atoms with Crippen LogP contribution in [0.25, 0.3) is 10.9 Å². The number of guanidine groups is 1. The van der Waals surface area contributed by atoms with Crippen LogP contribution in [0.3, 0.4) is 0 Å². The third-order valence-corrected chi connectivity index (χ3v) is 12.2. The summed E-state index contributed by atoms with van der Waals surface area (Å²) in [6.07, 6.45) is 1.75. The van der Waals surface area contributed by atoms with Crippen LogP contribution in [-0.4, -0.2) is 78.8 Å². The first-order valence-electron chi connectivity index (χ1n) is 18.2. The van der Waals surface area contributed by atoms with E-state index in [2.05, 4.69) is 36.7 Å². The molecule has 3 aliphatic carbocycles. The zero-order valence-electron chi connectivity index (χ0n) is 29.5. The number of hydrogen-bond acceptors (Lipinski definition) is 6. The Morgan fingerprint density at radius 3 is 2.64 bits per heavy atom. The van der Waals surface area contributed by atoms with E-state index in [-0.39, 0.29) is 29.9 Å². The van der Waals surface area contributed by atoms with Crippen LogP contribution in [-0.2, 0) is 13.0 Å². The predicted octanol–water partition coefficient (Wildman–Crippen LogP) is 5.63. The summed E-state index contributed by atoms with van der Waals surface area (Å²) in [6, 6.07) is 9.45. The Kier molecular flexibility index (Phi) is 9.86. The molecule has 50 heavy (non-hydrogen) atoms. The highest BCUT2D eigenvalue weighted by Crippen LogP contribution is 2.61. The molecule has 1 unspecified atom stereocenters. The second kappa shape index (κ2) is 14.2. The normalized spacial score (nSPS) is 27.0. The molecule has 3 aromatic rings. The number of benzene rings is 2. The van der Waals surface area contributed by atoms with Gasteiger partial charge in [0.05, 0.1) is 30.1 Å². The molecule has 0 amide bonds. The van der Waals surface area contributed by atoms with Crippen molar-refractivity contribution in [2.24, 2.45) is 28.2 Å². The molecule has 1 aromatic heterocycles. The molecule has 2 saturated heterocycles. The van der Waals surface area contributed by atoms with Crippen LogP contribution >= 0.6 is 0 Å². The van der Waals surface area contributed by atoms with E-state index in [1.54, 1.807) is 22.8 Å². The number of nitrogens with zero attached hydrogens (tertiary/aromatic N) is 4. The standard InChI is InChI=1S/C38H50F3N7O2/c1-22-29-17-25(38(29,2)3)18-31(22)46-37(47-16-14-43-33(21-47)34(40)41)44-26-6-8-28-32(19-26)45-35(24-9-12-42-13-10-24)48(36(28)49)15-11-23-5-7-27(50-4)20-30(23)39/h5-8,19-20,22,24-25,29,31,33-34,42-43H,9-18,21H2,1-4H3,(H,44,46)/t22-,25-,29+,31?,33+/m0/s1. The number of halogens is 3. The van der Waals surface area contributed by atoms with Crippen molar-refractivity contribution in [3.8, 4) is 5.75 Å². The van der Waals surface area contributed by atoms with Crippen LogP contribution in [0.1, 0.15) is 63.8 Å². The number of ether oxygens (including phenoxy) is 1. The number of fused-ring (bicyclic) bond motifs is 3. The molecule has 0 radical (unpaired) electrons. The van der Waals surface area contributed by atoms with Crippen LogP contribution in [0.2, 0.25) is 0 Å². The van der Waals surface area contributed by atoms with E-state index in [4.69, 9.17) is 14.7 Å². The fourth-order valence-electron chi connectivity index (χ4n) is 8.93. The fraction of sp³-hybridized carbons (Fsp3) is 0.605. The van der Waals surface area contributed by atoms with Crippen molar-refractivity contribution in [3.05, 3.63) is 64.0 Å². The van der Waals surface area contributed by atoms with E-state index in [1.165, 1.54) is 19.6 Å². The summed E-state index contributed by atoms with van der Waals surface area (Å²) in [5, 5.41) is 10.3. The van der Waals surface area contributed by atoms with Crippen LogP contribution in [0.15, 0.2) is 46.2 Å². The molecule has 2 bridgehead atoms. The average Bonchev–Trinajstić information content (AvgIpc) is 3.12. The molecule has 3 saturated carbocycles. The van der Waals surface area contributed by atoms with Crippen molar-refractivity contribution in [1.29, 1.82) is 0 Å². The minimum atomic E-state index is -2.48. The maximum absolute atomic E-state index is 14.9. The average molecular weight is 694 g/mol. The van der Waals surface area contributed by atoms with Gasteiger partial charge in [-0.25, -0.2) is 23.1 Å². The number of alkyl halides is 2. The van der Waals surface area contributed by atoms with Gasteiger partial charge in [0.1, 0.15) is 17.4 Å². The zero-order chi connectivity index (χ0) is 35.2. The van der Waals surface area contributed by atoms with Crippen molar-refractivity contribution in [2.45, 2.75) is 83.8 Å². The van der Waals surface area contributed by atoms with Gasteiger partial charge in [-0.1, -0.05) is 26.8 Å². The lowest BCUT2D eigenvalue weighted by Gasteiger charge is -2.61. The van der Waals surface area contributed by atoms with Crippen LogP contribution in [0.4, 0.5) is 18.9 Å². The highest BCUT2D eigenvalue weighted by Gasteiger charge is 2.56. The largest absolute Gasteiger partial charge is 0.497 e. The number of hydrogen-bond donors (Lipinski definition) is 3. The lowest BCUT2D eigenvalue weighted by atomic mass is 9.45. The Bertz CT molecular complexity index is 1790. The summed E-state index contributed by atoms with van der Waals surface area (Å²) < 4.78 is 49.5. The van der Waals surface area contributed by atoms with Crippen LogP contribution in [0, 0.1) is 29.0 Å². The smallest absolute Gasteiger partial charge is 0.261 e. The van der Waals surface area contributed by atoms with Gasteiger partial charge in [0, 0.05) is 43.9 Å². The quantitative estimate of drug-likeness (QED) is 0.208. The topological polar surface area (TPSA) is 95.8 Å². The van der Waals surface area contributed by atoms with Crippen molar-refractivity contribution in [3.63, 3.8) is 0 Å². The molecule has 12 heteroatoms. The molecule has 3 N–H and O–H groups in total. The highest BCUT2D eigenvalue weighted by molar-refractivity contribution is 5.96. The Labute approximate surface area is 292 Å². The molecule has 5 atom stereocenters. The molecule has 270 valence electrons. The Balaban J connectivity index is 1.21. The van der Waals surface area contributed by atoms with E-state index in [0.29, 0.717) is 88.9 Å². The van der Waals surface area contributed by atoms with Gasteiger partial charge in [0.15, 0.2) is 5.96 Å². The molecule has 8 rings (SSSR count). The molecule has 2 aromatic carbocycles. The van der Waals surface area contributed by atoms with E-state index in [0.717, 1.165) is 32.4 Å². The van der Waals surface area contributed by atoms with E-state index < -0.39 is 12.5 Å². The van der Waals surface area contributed by atoms with Crippen LogP contribution in [0.5, 0.6) is 5.75 Å². The number of aryl methyl sites for hydroxylation is 1. The Hall–Kier alpha value is -3.64. The first kappa shape index (κ1) is 34.8. The summed E-state index contributed by atoms with van der Waals surface area (Å²) in [5.41, 5.74) is 1.94. The van der Waals surface area contributed by atoms with E-state index >= 15 is 0 Å². The maximum atomic E-state index is 14.9. The second-order valence-electron chi connectivity index (χ2n) is 15.3. The summed E-state index contributed by atoms with van der Waals surface area (Å²) in [5.74, 6) is 3.06. The number of piperidine rings is 1. The number of aliphatic imine (C=N–C) groups is 1. The second-order valence-corrected chi connectivity index (χ2v) is 15.3. The number of methoxy groups -OCH3 is 1. The fourth-order valence-corrected chi connectivity index (χ4v) is 8.93. The van der Waals surface area contributed by atoms with Gasteiger partial charge in [0.2, 0.25) is 0 Å². The summed E-state index contributed by atoms with van der Waals surface area (Å²) in [7, 11) is 1.50. The minimum absolute atomic E-state index is 0.0819. The first-order chi connectivity index (χ1) is 24.0. The molecule has 2 aliphatic heterocycles. The lowest BCUT2D eigenvalue weighted by molar-refractivity contribution is -0.108. The van der Waals surface area contributed by atoms with Gasteiger partial charge in [0.25, 0.3) is 12.0 Å². The zero-order valence-corrected chi connectivity index (χ0v) is 29.5. The van der Waals surface area contributed by atoms with Gasteiger partial charge < -0.3 is 25.6 Å². The molecule has 5 fully saturated rings. The van der Waals surface area contributed by atoms with Gasteiger partial charge in [-0.05, 0) is 98.2 Å². The van der Waals surface area contributed by atoms with Gasteiger partial charge in [-0.2, -0.15) is 0 Å². The number of anilines is 1. The van der Waals surface area contributed by atoms with Gasteiger partial charge >= 0.3 is 0 Å². The Morgan fingerprint density at radius 2 is 1.94 bits per heavy atom. The minimum Gasteiger partial charge on any atom is -0.497 e. The SMILES string of the molecule is COc1ccc(CCn2c(C3CCNCC3)nc3cc(NC(=NC4C[C@@H]5C[C@H]([C@@H]4C)C5(C)C)N4CCN[C@@H](C(F)F)C4)ccc3c2=O)c(F)c1. The van der Waals surface area contributed by atoms with E-state index in [1.807, 2.05) is 17.0 Å². The maximum Gasteiger partial charge on any atom is 0.261 e. The number of rotatable bonds is 8. The van der Waals surface area contributed by atoms with Crippen molar-refractivity contribution in [1.82, 2.24) is 25.1 Å². The summed E-state index contributed by atoms with van der Waals surface area (Å²) in [4.78, 5) is 26.5. The lowest BCUT2D eigenvalue weighted by Crippen LogP contribution is -2.58. The number of nitrogens with one attached hydrogen (secondary N) is 3. The van der Waals surface area contributed by atoms with E-state index in [9.17, 15) is 18.0 Å². The van der Waals surface area contributed by atoms with Crippen molar-refractivity contribution < 1.29 is 17.9 Å². The predicted molar refractivity (Wildman–Crippen MR) is 191 cm³/mol. The van der Waals surface area contributed by atoms with Gasteiger partial charge in [-0.15, -0.1) is 0 Å². The van der Waals surface area contributed by atoms with Gasteiger partial charge in [-0.3, -0.25) is 9.36 Å². The third-order valence-electron chi connectivity index (χ3n) is 12.2. The van der Waals surface area contributed by atoms with Crippen LogP contribution < -0.4 is 26.2 Å². The summed E-state index contributed by atoms with van der Waals surface area (Å²) in [6.45, 7) is 10.1. The molecular formula is C38H50F3N7O2. The monoisotopic (exact) mass is 693 g/mol. The summed E-state index contributed by atoms with van der Waals surface area (Å²) >= 11 is 0. The highest BCUT2D eigenvalue weighted by atomic mass is 19.3. The molecular weight excluding hydrogens is 643 g/mol. The molecule has 9 nitrogen and oxygen atoms in total. The van der Waals surface area contributed by atoms with Crippen molar-refractivity contribution >= 4 is 22.5 Å². The first-order valence-corrected chi connectivity index (χ1v) is 18.2. The molecule has 0 spiro atoms. The molecule has 3 heterocycles. The number of aromatic nitrogens is 2. The molecule has 5 aliphatic rings. The third kappa shape index (κ3) is 6.73. The number of piperazine rings is 1. The van der Waals surface area contributed by atoms with Crippen molar-refractivity contribution in [2.75, 3.05) is 45.2 Å².